The molecule has 3 nitrogen and oxygen atoms in total. The van der Waals surface area contributed by atoms with E-state index in [1.165, 1.54) is 11.3 Å². The molecule has 0 atom stereocenters. The van der Waals surface area contributed by atoms with E-state index in [2.05, 4.69) is 0 Å². The summed E-state index contributed by atoms with van der Waals surface area (Å²) in [7, 11) is 0. The van der Waals surface area contributed by atoms with Crippen LogP contribution in [0.25, 0.3) is 10.4 Å². The van der Waals surface area contributed by atoms with Crippen molar-refractivity contribution in [2.75, 3.05) is 6.61 Å². The van der Waals surface area contributed by atoms with E-state index in [0.717, 1.165) is 16.0 Å². The van der Waals surface area contributed by atoms with Crippen LogP contribution in [-0.2, 0) is 16.0 Å². The third-order valence-corrected chi connectivity index (χ3v) is 4.67. The van der Waals surface area contributed by atoms with Gasteiger partial charge in [-0.3, -0.25) is 4.79 Å². The first kappa shape index (κ1) is 17.0. The number of benzene rings is 1. The summed E-state index contributed by atoms with van der Waals surface area (Å²) in [6, 6.07) is 7.08. The Kier molecular flexibility index (Phi) is 5.62. The molecule has 0 aliphatic carbocycles. The SMILES string of the molecule is CCOC(=O)C(=O)c1sc(-c2cc(Cl)cc(Cl)c2)cc1CC. The predicted molar refractivity (Wildman–Crippen MR) is 90.1 cm³/mol. The minimum Gasteiger partial charge on any atom is -0.460 e. The number of carbonyl (C=O) groups excluding carboxylic acids is 2. The maximum absolute atomic E-state index is 12.2. The van der Waals surface area contributed by atoms with E-state index >= 15 is 0 Å². The van der Waals surface area contributed by atoms with Crippen LogP contribution < -0.4 is 0 Å². The fourth-order valence-corrected chi connectivity index (χ4v) is 3.70. The zero-order chi connectivity index (χ0) is 16.3. The van der Waals surface area contributed by atoms with Crippen molar-refractivity contribution in [1.82, 2.24) is 0 Å². The molecule has 0 spiro atoms. The quantitative estimate of drug-likeness (QED) is 0.428. The molecule has 0 unspecified atom stereocenters. The second-order valence-electron chi connectivity index (χ2n) is 4.53. The summed E-state index contributed by atoms with van der Waals surface area (Å²) in [5, 5.41) is 1.04. The zero-order valence-electron chi connectivity index (χ0n) is 12.1. The number of rotatable bonds is 5. The molecule has 0 N–H and O–H groups in total. The van der Waals surface area contributed by atoms with E-state index < -0.39 is 11.8 Å². The monoisotopic (exact) mass is 356 g/mol. The molecule has 0 bridgehead atoms. The van der Waals surface area contributed by atoms with Gasteiger partial charge in [-0.2, -0.15) is 0 Å². The van der Waals surface area contributed by atoms with Crippen molar-refractivity contribution in [3.63, 3.8) is 0 Å². The Bertz CT molecular complexity index is 702. The van der Waals surface area contributed by atoms with Crippen LogP contribution >= 0.6 is 34.5 Å². The minimum atomic E-state index is -0.824. The lowest BCUT2D eigenvalue weighted by Gasteiger charge is -2.00. The molecule has 0 saturated carbocycles. The second kappa shape index (κ2) is 7.27. The summed E-state index contributed by atoms with van der Waals surface area (Å²) >= 11 is 13.3. The molecule has 22 heavy (non-hydrogen) atoms. The average Bonchev–Trinajstić information content (AvgIpc) is 2.89. The summed E-state index contributed by atoms with van der Waals surface area (Å²) in [5.74, 6) is -1.43. The van der Waals surface area contributed by atoms with Gasteiger partial charge in [-0.25, -0.2) is 4.79 Å². The molecule has 0 saturated heterocycles. The number of ether oxygens (including phenoxy) is 1. The number of ketones is 1. The standard InChI is InChI=1S/C16H14Cl2O3S/c1-3-9-7-13(10-5-11(17)8-12(18)6-10)22-15(9)14(19)16(20)21-4-2/h5-8H,3-4H2,1-2H3. The molecule has 1 aromatic carbocycles. The van der Waals surface area contributed by atoms with E-state index in [0.29, 0.717) is 21.3 Å². The molecular formula is C16H14Cl2O3S. The maximum Gasteiger partial charge on any atom is 0.380 e. The van der Waals surface area contributed by atoms with Crippen molar-refractivity contribution < 1.29 is 14.3 Å². The first-order valence-electron chi connectivity index (χ1n) is 6.76. The zero-order valence-corrected chi connectivity index (χ0v) is 14.4. The number of esters is 1. The summed E-state index contributed by atoms with van der Waals surface area (Å²) < 4.78 is 4.79. The van der Waals surface area contributed by atoms with Gasteiger partial charge in [0.2, 0.25) is 0 Å². The Morgan fingerprint density at radius 2 is 1.73 bits per heavy atom. The van der Waals surface area contributed by atoms with Gasteiger partial charge in [0.05, 0.1) is 11.5 Å². The molecule has 0 radical (unpaired) electrons. The van der Waals surface area contributed by atoms with Crippen LogP contribution in [0.15, 0.2) is 24.3 Å². The van der Waals surface area contributed by atoms with Crippen molar-refractivity contribution in [2.24, 2.45) is 0 Å². The number of carbonyl (C=O) groups is 2. The molecule has 0 aliphatic heterocycles. The van der Waals surface area contributed by atoms with Crippen LogP contribution in [0.5, 0.6) is 0 Å². The second-order valence-corrected chi connectivity index (χ2v) is 6.45. The van der Waals surface area contributed by atoms with E-state index in [1.807, 2.05) is 13.0 Å². The van der Waals surface area contributed by atoms with E-state index in [9.17, 15) is 9.59 Å². The average molecular weight is 357 g/mol. The van der Waals surface area contributed by atoms with Crippen LogP contribution in [0.4, 0.5) is 0 Å². The molecule has 2 rings (SSSR count). The summed E-state index contributed by atoms with van der Waals surface area (Å²) in [6.07, 6.45) is 0.644. The van der Waals surface area contributed by atoms with Gasteiger partial charge in [-0.15, -0.1) is 11.3 Å². The van der Waals surface area contributed by atoms with Crippen LogP contribution in [-0.4, -0.2) is 18.4 Å². The van der Waals surface area contributed by atoms with Gasteiger partial charge in [0.15, 0.2) is 0 Å². The normalized spacial score (nSPS) is 10.5. The first-order valence-corrected chi connectivity index (χ1v) is 8.34. The van der Waals surface area contributed by atoms with Gasteiger partial charge in [0.1, 0.15) is 0 Å². The van der Waals surface area contributed by atoms with Gasteiger partial charge in [-0.05, 0) is 48.7 Å². The van der Waals surface area contributed by atoms with Crippen molar-refractivity contribution >= 4 is 46.3 Å². The molecule has 1 aromatic heterocycles. The van der Waals surface area contributed by atoms with Crippen LogP contribution in [0.1, 0.15) is 29.1 Å². The Morgan fingerprint density at radius 3 is 2.27 bits per heavy atom. The molecule has 0 amide bonds. The highest BCUT2D eigenvalue weighted by Gasteiger charge is 2.23. The van der Waals surface area contributed by atoms with Crippen LogP contribution in [0, 0.1) is 0 Å². The van der Waals surface area contributed by atoms with E-state index in [-0.39, 0.29) is 6.61 Å². The molecule has 0 fully saturated rings. The van der Waals surface area contributed by atoms with Gasteiger partial charge in [0.25, 0.3) is 5.78 Å². The third-order valence-electron chi connectivity index (χ3n) is 3.00. The highest BCUT2D eigenvalue weighted by atomic mass is 35.5. The van der Waals surface area contributed by atoms with Gasteiger partial charge < -0.3 is 4.74 Å². The number of hydrogen-bond donors (Lipinski definition) is 0. The highest BCUT2D eigenvalue weighted by molar-refractivity contribution is 7.18. The number of halogens is 2. The van der Waals surface area contributed by atoms with Crippen molar-refractivity contribution in [3.05, 3.63) is 44.8 Å². The van der Waals surface area contributed by atoms with Crippen molar-refractivity contribution in [1.29, 1.82) is 0 Å². The predicted octanol–water partition coefficient (Wildman–Crippen LogP) is 5.03. The molecule has 116 valence electrons. The Balaban J connectivity index is 2.44. The van der Waals surface area contributed by atoms with Crippen LogP contribution in [0.3, 0.4) is 0 Å². The molecular weight excluding hydrogens is 343 g/mol. The maximum atomic E-state index is 12.2. The smallest absolute Gasteiger partial charge is 0.380 e. The lowest BCUT2D eigenvalue weighted by atomic mass is 10.1. The highest BCUT2D eigenvalue weighted by Crippen LogP contribution is 2.35. The van der Waals surface area contributed by atoms with Crippen molar-refractivity contribution in [3.8, 4) is 10.4 Å². The van der Waals surface area contributed by atoms with Crippen molar-refractivity contribution in [2.45, 2.75) is 20.3 Å². The largest absolute Gasteiger partial charge is 0.460 e. The molecule has 2 aromatic rings. The summed E-state index contributed by atoms with van der Waals surface area (Å²) in [5.41, 5.74) is 1.63. The number of thiophene rings is 1. The fourth-order valence-electron chi connectivity index (χ4n) is 2.01. The Morgan fingerprint density at radius 1 is 1.09 bits per heavy atom. The number of aryl methyl sites for hydroxylation is 1. The topological polar surface area (TPSA) is 43.4 Å². The molecule has 0 aliphatic rings. The van der Waals surface area contributed by atoms with Gasteiger partial charge in [0, 0.05) is 14.9 Å². The van der Waals surface area contributed by atoms with Crippen LogP contribution in [0.2, 0.25) is 10.0 Å². The number of hydrogen-bond acceptors (Lipinski definition) is 4. The van der Waals surface area contributed by atoms with Gasteiger partial charge >= 0.3 is 5.97 Å². The number of Topliss-reactive ketones (excluding diaryl/α,β-unsaturated/α-hetero) is 1. The van der Waals surface area contributed by atoms with E-state index in [1.54, 1.807) is 25.1 Å². The summed E-state index contributed by atoms with van der Waals surface area (Å²) in [4.78, 5) is 25.1. The van der Waals surface area contributed by atoms with E-state index in [4.69, 9.17) is 27.9 Å². The lowest BCUT2D eigenvalue weighted by Crippen LogP contribution is -2.17. The molecule has 1 heterocycles. The summed E-state index contributed by atoms with van der Waals surface area (Å²) in [6.45, 7) is 3.77. The Labute approximate surface area is 142 Å². The first-order chi connectivity index (χ1) is 10.5. The molecule has 6 heteroatoms. The van der Waals surface area contributed by atoms with Gasteiger partial charge in [-0.1, -0.05) is 30.1 Å². The third kappa shape index (κ3) is 3.69. The lowest BCUT2D eigenvalue weighted by molar-refractivity contribution is -0.137. The Hall–Kier alpha value is -1.36. The fraction of sp³-hybridized carbons (Fsp3) is 0.250. The minimum absolute atomic E-state index is 0.175.